The SMILES string of the molecule is Cc1csc(C(N)CN)c1Cl. The summed E-state index contributed by atoms with van der Waals surface area (Å²) in [6.45, 7) is 2.41. The molecule has 1 rings (SSSR count). The van der Waals surface area contributed by atoms with Crippen molar-refractivity contribution in [3.05, 3.63) is 20.8 Å². The third-order valence-electron chi connectivity index (χ3n) is 1.52. The van der Waals surface area contributed by atoms with Crippen LogP contribution in [0.3, 0.4) is 0 Å². The molecule has 11 heavy (non-hydrogen) atoms. The van der Waals surface area contributed by atoms with E-state index in [1.54, 1.807) is 11.3 Å². The van der Waals surface area contributed by atoms with Crippen LogP contribution in [0.25, 0.3) is 0 Å². The van der Waals surface area contributed by atoms with Crippen LogP contribution in [0.2, 0.25) is 5.02 Å². The number of aryl methyl sites for hydroxylation is 1. The van der Waals surface area contributed by atoms with E-state index >= 15 is 0 Å². The first kappa shape index (κ1) is 9.00. The Morgan fingerprint density at radius 2 is 2.36 bits per heavy atom. The van der Waals surface area contributed by atoms with Gasteiger partial charge in [-0.3, -0.25) is 0 Å². The Morgan fingerprint density at radius 3 is 2.73 bits per heavy atom. The van der Waals surface area contributed by atoms with Crippen molar-refractivity contribution in [2.45, 2.75) is 13.0 Å². The molecule has 0 fully saturated rings. The summed E-state index contributed by atoms with van der Waals surface area (Å²) in [7, 11) is 0. The lowest BCUT2D eigenvalue weighted by Gasteiger charge is -2.05. The van der Waals surface area contributed by atoms with Gasteiger partial charge in [-0.15, -0.1) is 11.3 Å². The standard InChI is InChI=1S/C7H11ClN2S/c1-4-3-11-7(6(4)8)5(10)2-9/h3,5H,2,9-10H2,1H3. The predicted octanol–water partition coefficient (Wildman–Crippen LogP) is 1.67. The van der Waals surface area contributed by atoms with Gasteiger partial charge < -0.3 is 11.5 Å². The van der Waals surface area contributed by atoms with Crippen LogP contribution in [0.1, 0.15) is 16.5 Å². The number of nitrogens with two attached hydrogens (primary N) is 2. The van der Waals surface area contributed by atoms with E-state index in [9.17, 15) is 0 Å². The molecule has 0 radical (unpaired) electrons. The monoisotopic (exact) mass is 190 g/mol. The summed E-state index contributed by atoms with van der Waals surface area (Å²) >= 11 is 7.53. The van der Waals surface area contributed by atoms with Crippen LogP contribution in [0, 0.1) is 6.92 Å². The Labute approximate surface area is 75.1 Å². The van der Waals surface area contributed by atoms with Crippen molar-refractivity contribution in [1.82, 2.24) is 0 Å². The molecule has 1 heterocycles. The van der Waals surface area contributed by atoms with Crippen LogP contribution in [-0.4, -0.2) is 6.54 Å². The first-order chi connectivity index (χ1) is 5.16. The van der Waals surface area contributed by atoms with Crippen LogP contribution in [0.5, 0.6) is 0 Å². The third-order valence-corrected chi connectivity index (χ3v) is 3.36. The number of rotatable bonds is 2. The smallest absolute Gasteiger partial charge is 0.0590 e. The fraction of sp³-hybridized carbons (Fsp3) is 0.429. The fourth-order valence-corrected chi connectivity index (χ4v) is 2.16. The number of thiophene rings is 1. The second kappa shape index (κ2) is 3.54. The zero-order valence-corrected chi connectivity index (χ0v) is 7.88. The minimum absolute atomic E-state index is 0.110. The molecule has 0 aliphatic carbocycles. The molecule has 1 aromatic rings. The van der Waals surface area contributed by atoms with E-state index in [1.807, 2.05) is 12.3 Å². The van der Waals surface area contributed by atoms with Crippen LogP contribution in [0.4, 0.5) is 0 Å². The highest BCUT2D eigenvalue weighted by atomic mass is 35.5. The summed E-state index contributed by atoms with van der Waals surface area (Å²) in [6, 6.07) is -0.110. The normalized spacial score (nSPS) is 13.5. The molecule has 0 saturated carbocycles. The Balaban J connectivity index is 2.94. The maximum atomic E-state index is 5.96. The quantitative estimate of drug-likeness (QED) is 0.746. The number of hydrogen-bond donors (Lipinski definition) is 2. The minimum atomic E-state index is -0.110. The van der Waals surface area contributed by atoms with Gasteiger partial charge in [-0.2, -0.15) is 0 Å². The van der Waals surface area contributed by atoms with Gasteiger partial charge in [0.25, 0.3) is 0 Å². The van der Waals surface area contributed by atoms with E-state index in [-0.39, 0.29) is 6.04 Å². The van der Waals surface area contributed by atoms with Gasteiger partial charge in [0.1, 0.15) is 0 Å². The molecular weight excluding hydrogens is 180 g/mol. The van der Waals surface area contributed by atoms with Gasteiger partial charge >= 0.3 is 0 Å². The highest BCUT2D eigenvalue weighted by Gasteiger charge is 2.11. The lowest BCUT2D eigenvalue weighted by Crippen LogP contribution is -2.19. The zero-order chi connectivity index (χ0) is 8.43. The van der Waals surface area contributed by atoms with E-state index < -0.39 is 0 Å². The van der Waals surface area contributed by atoms with E-state index in [0.29, 0.717) is 6.54 Å². The van der Waals surface area contributed by atoms with Crippen LogP contribution in [-0.2, 0) is 0 Å². The van der Waals surface area contributed by atoms with E-state index in [2.05, 4.69) is 0 Å². The summed E-state index contributed by atoms with van der Waals surface area (Å²) in [5, 5.41) is 2.76. The molecule has 0 aliphatic rings. The van der Waals surface area contributed by atoms with Crippen molar-refractivity contribution in [3.8, 4) is 0 Å². The largest absolute Gasteiger partial charge is 0.329 e. The van der Waals surface area contributed by atoms with Crippen LogP contribution >= 0.6 is 22.9 Å². The molecule has 0 bridgehead atoms. The van der Waals surface area contributed by atoms with Crippen molar-refractivity contribution in [2.24, 2.45) is 11.5 Å². The summed E-state index contributed by atoms with van der Waals surface area (Å²) in [5.41, 5.74) is 12.2. The molecule has 62 valence electrons. The van der Waals surface area contributed by atoms with Crippen LogP contribution < -0.4 is 11.5 Å². The lowest BCUT2D eigenvalue weighted by molar-refractivity contribution is 0.751. The van der Waals surface area contributed by atoms with Gasteiger partial charge in [0.05, 0.1) is 11.1 Å². The second-order valence-electron chi connectivity index (χ2n) is 2.44. The molecule has 0 aliphatic heterocycles. The number of halogens is 1. The summed E-state index contributed by atoms with van der Waals surface area (Å²) in [6.07, 6.45) is 0. The molecule has 0 amide bonds. The van der Waals surface area contributed by atoms with Crippen molar-refractivity contribution in [3.63, 3.8) is 0 Å². The van der Waals surface area contributed by atoms with Gasteiger partial charge in [0, 0.05) is 11.4 Å². The Kier molecular flexibility index (Phi) is 2.90. The van der Waals surface area contributed by atoms with Crippen molar-refractivity contribution >= 4 is 22.9 Å². The van der Waals surface area contributed by atoms with Gasteiger partial charge in [-0.05, 0) is 17.9 Å². The molecule has 4 heteroatoms. The van der Waals surface area contributed by atoms with Gasteiger partial charge in [0.2, 0.25) is 0 Å². The topological polar surface area (TPSA) is 52.0 Å². The average Bonchev–Trinajstić information content (AvgIpc) is 2.32. The van der Waals surface area contributed by atoms with Gasteiger partial charge in [-0.1, -0.05) is 11.6 Å². The average molecular weight is 191 g/mol. The fourth-order valence-electron chi connectivity index (χ4n) is 0.807. The van der Waals surface area contributed by atoms with E-state index in [0.717, 1.165) is 15.5 Å². The van der Waals surface area contributed by atoms with Crippen LogP contribution in [0.15, 0.2) is 5.38 Å². The number of hydrogen-bond acceptors (Lipinski definition) is 3. The van der Waals surface area contributed by atoms with Crippen molar-refractivity contribution in [1.29, 1.82) is 0 Å². The maximum absolute atomic E-state index is 5.96. The molecule has 0 spiro atoms. The first-order valence-corrected chi connectivity index (χ1v) is 4.61. The Morgan fingerprint density at radius 1 is 1.73 bits per heavy atom. The third kappa shape index (κ3) is 1.73. The van der Waals surface area contributed by atoms with Gasteiger partial charge in [0.15, 0.2) is 0 Å². The first-order valence-electron chi connectivity index (χ1n) is 3.36. The molecular formula is C7H11ClN2S. The molecule has 2 nitrogen and oxygen atoms in total. The molecule has 0 saturated heterocycles. The summed E-state index contributed by atoms with van der Waals surface area (Å²) in [5.74, 6) is 0. The highest BCUT2D eigenvalue weighted by Crippen LogP contribution is 2.30. The molecule has 1 atom stereocenters. The lowest BCUT2D eigenvalue weighted by atomic mass is 10.2. The van der Waals surface area contributed by atoms with Crippen molar-refractivity contribution in [2.75, 3.05) is 6.54 Å². The molecule has 1 aromatic heterocycles. The zero-order valence-electron chi connectivity index (χ0n) is 6.30. The second-order valence-corrected chi connectivity index (χ2v) is 3.73. The molecule has 1 unspecified atom stereocenters. The Bertz CT molecular complexity index is 247. The van der Waals surface area contributed by atoms with E-state index in [4.69, 9.17) is 23.1 Å². The minimum Gasteiger partial charge on any atom is -0.329 e. The predicted molar refractivity (Wildman–Crippen MR) is 50.0 cm³/mol. The van der Waals surface area contributed by atoms with Crippen molar-refractivity contribution < 1.29 is 0 Å². The van der Waals surface area contributed by atoms with Gasteiger partial charge in [-0.25, -0.2) is 0 Å². The highest BCUT2D eigenvalue weighted by molar-refractivity contribution is 7.10. The maximum Gasteiger partial charge on any atom is 0.0590 e. The summed E-state index contributed by atoms with van der Waals surface area (Å²) < 4.78 is 0. The molecule has 0 aromatic carbocycles. The summed E-state index contributed by atoms with van der Waals surface area (Å²) in [4.78, 5) is 0.992. The Hall–Kier alpha value is -0.0900. The molecule has 4 N–H and O–H groups in total. The van der Waals surface area contributed by atoms with E-state index in [1.165, 1.54) is 0 Å².